The molecule has 0 spiro atoms. The highest BCUT2D eigenvalue weighted by atomic mass is 16.5. The first kappa shape index (κ1) is 48.3. The van der Waals surface area contributed by atoms with Crippen LogP contribution in [0.4, 0.5) is 11.9 Å². The summed E-state index contributed by atoms with van der Waals surface area (Å²) in [4.78, 5) is 67.8. The van der Waals surface area contributed by atoms with E-state index in [1.54, 1.807) is 45.8 Å². The zero-order chi connectivity index (χ0) is 51.2. The van der Waals surface area contributed by atoms with Gasteiger partial charge in [-0.2, -0.15) is 15.4 Å². The minimum absolute atomic E-state index is 0.0848. The SMILES string of the molecule is CCn1nc(C)cc1C(=O)Nc1nc2cc(C(N)=O)cc3c2n1C/C=C/Cn1c(NC(=O)c2cc(C)nn2CC)nc2cc(C(=O)NC4CCC(c5nn[nH]n5)CC4)cc(c21)OC[C@H](N1C2CCC1COC2)CO3. The van der Waals surface area contributed by atoms with Crippen LogP contribution in [0.3, 0.4) is 0 Å². The molecule has 3 fully saturated rings. The first-order chi connectivity index (χ1) is 35.9. The maximum absolute atomic E-state index is 14.4. The number of morpholine rings is 1. The zero-order valence-corrected chi connectivity index (χ0v) is 41.7. The van der Waals surface area contributed by atoms with E-state index >= 15 is 0 Å². The van der Waals surface area contributed by atoms with E-state index in [1.807, 2.05) is 49.0 Å². The molecule has 2 saturated heterocycles. The van der Waals surface area contributed by atoms with E-state index in [-0.39, 0.29) is 79.8 Å². The second-order valence-corrected chi connectivity index (χ2v) is 19.4. The van der Waals surface area contributed by atoms with Gasteiger partial charge < -0.3 is 34.4 Å². The standard InChI is InChI=1S/C50H59N17O7/c1-5-65-38(17-27(3)59-65)47(70)55-49-53-36-19-30(44(51)68)21-40-42(36)63(49)15-7-8-16-64-43-37(54-50(64)56-48(71)39-18-28(4)60-66(39)6-2)20-31(46(69)52-32-11-9-29(10-12-32)45-57-61-62-58-45)22-41(43)74-26-35(25-73-40)67-33-13-14-34(67)24-72-23-33/h7-8,17-22,29,32-35H,5-6,9-16,23-26H2,1-4H3,(H2,51,68)(H,52,69)(H,53,55,70)(H,54,56,71)(H,57,58,61,62)/b8-7+/t29?,32?,33?,34?,35-/m1/s1. The lowest BCUT2D eigenvalue weighted by molar-refractivity contribution is -0.0534. The predicted octanol–water partition coefficient (Wildman–Crippen LogP) is 4.27. The molecule has 3 aliphatic heterocycles. The Hall–Kier alpha value is -7.99. The second-order valence-electron chi connectivity index (χ2n) is 19.4. The monoisotopic (exact) mass is 1010 g/mol. The van der Waals surface area contributed by atoms with Gasteiger partial charge in [0.05, 0.1) is 41.7 Å². The van der Waals surface area contributed by atoms with E-state index in [0.717, 1.165) is 38.5 Å². The number of imidazole rings is 2. The first-order valence-electron chi connectivity index (χ1n) is 25.3. The topological polar surface area (TPSA) is 287 Å². The third-order valence-electron chi connectivity index (χ3n) is 14.6. The Kier molecular flexibility index (Phi) is 13.1. The van der Waals surface area contributed by atoms with Crippen LogP contribution in [0.15, 0.2) is 48.6 Å². The number of nitrogens with two attached hydrogens (primary N) is 1. The van der Waals surface area contributed by atoms with Gasteiger partial charge in [0.25, 0.3) is 17.7 Å². The highest BCUT2D eigenvalue weighted by Crippen LogP contribution is 2.37. The van der Waals surface area contributed by atoms with E-state index in [1.165, 1.54) is 0 Å². The average molecular weight is 1010 g/mol. The van der Waals surface area contributed by atoms with Gasteiger partial charge in [-0.15, -0.1) is 10.2 Å². The Labute approximate surface area is 424 Å². The molecule has 24 nitrogen and oxygen atoms in total. The number of carbonyl (C=O) groups is 4. The molecule has 7 aromatic rings. The number of aromatic amines is 1. The molecule has 4 amide bonds. The summed E-state index contributed by atoms with van der Waals surface area (Å²) in [7, 11) is 0. The van der Waals surface area contributed by atoms with Crippen LogP contribution in [-0.4, -0.2) is 138 Å². The zero-order valence-electron chi connectivity index (χ0n) is 41.7. The lowest BCUT2D eigenvalue weighted by atomic mass is 9.85. The van der Waals surface area contributed by atoms with Crippen LogP contribution in [-0.2, 0) is 30.9 Å². The molecule has 386 valence electrons. The van der Waals surface area contributed by atoms with Gasteiger partial charge in [-0.1, -0.05) is 17.4 Å². The van der Waals surface area contributed by atoms with Crippen molar-refractivity contribution in [2.45, 2.75) is 122 Å². The van der Waals surface area contributed by atoms with Crippen LogP contribution in [0.5, 0.6) is 11.5 Å². The number of nitrogens with one attached hydrogen (secondary N) is 4. The molecule has 1 saturated carbocycles. The number of aromatic nitrogens is 12. The minimum atomic E-state index is -0.673. The number of anilines is 2. The molecule has 74 heavy (non-hydrogen) atoms. The second kappa shape index (κ2) is 20.1. The Bertz CT molecular complexity index is 3290. The number of aryl methyl sites for hydroxylation is 4. The van der Waals surface area contributed by atoms with Crippen LogP contribution in [0.1, 0.15) is 117 Å². The van der Waals surface area contributed by atoms with Crippen molar-refractivity contribution >= 4 is 57.6 Å². The molecule has 2 bridgehead atoms. The van der Waals surface area contributed by atoms with Crippen molar-refractivity contribution in [3.05, 3.63) is 88.3 Å². The van der Waals surface area contributed by atoms with Gasteiger partial charge in [-0.05, 0) is 103 Å². The third kappa shape index (κ3) is 9.33. The van der Waals surface area contributed by atoms with E-state index < -0.39 is 17.7 Å². The summed E-state index contributed by atoms with van der Waals surface area (Å²) < 4.78 is 26.8. The number of tetrazole rings is 1. The normalized spacial score (nSPS) is 21.6. The largest absolute Gasteiger partial charge is 0.490 e. The van der Waals surface area contributed by atoms with E-state index in [2.05, 4.69) is 51.7 Å². The number of allylic oxidation sites excluding steroid dienone is 2. The van der Waals surface area contributed by atoms with Crippen molar-refractivity contribution in [3.63, 3.8) is 0 Å². The number of benzene rings is 2. The summed E-state index contributed by atoms with van der Waals surface area (Å²) in [5.74, 6) is 0.180. The number of amides is 4. The summed E-state index contributed by atoms with van der Waals surface area (Å²) in [6.45, 7) is 10.1. The molecule has 6 N–H and O–H groups in total. The number of ether oxygens (including phenoxy) is 3. The van der Waals surface area contributed by atoms with Gasteiger partial charge in [-0.25, -0.2) is 9.97 Å². The number of H-pyrrole nitrogens is 1. The molecular weight excluding hydrogens is 951 g/mol. The highest BCUT2D eigenvalue weighted by molar-refractivity contribution is 6.05. The van der Waals surface area contributed by atoms with Gasteiger partial charge in [0.2, 0.25) is 17.8 Å². The van der Waals surface area contributed by atoms with E-state index in [4.69, 9.17) is 29.9 Å². The van der Waals surface area contributed by atoms with Crippen LogP contribution in [0.25, 0.3) is 22.1 Å². The van der Waals surface area contributed by atoms with Crippen molar-refractivity contribution in [3.8, 4) is 11.5 Å². The number of hydrogen-bond acceptors (Lipinski definition) is 15. The van der Waals surface area contributed by atoms with Crippen LogP contribution < -0.4 is 31.2 Å². The van der Waals surface area contributed by atoms with Gasteiger partial charge in [0, 0.05) is 61.3 Å². The molecular formula is C50H59N17O7. The number of carbonyl (C=O) groups excluding carboxylic acids is 4. The van der Waals surface area contributed by atoms with E-state index in [9.17, 15) is 19.2 Å². The number of fused-ring (bicyclic) bond motifs is 2. The summed E-state index contributed by atoms with van der Waals surface area (Å²) in [6.07, 6.45) is 8.71. The molecule has 1 aliphatic carbocycles. The molecule has 3 atom stereocenters. The average Bonchev–Trinajstić information content (AvgIpc) is 4.27. The molecule has 11 rings (SSSR count). The summed E-state index contributed by atoms with van der Waals surface area (Å²) in [6, 6.07) is 9.82. The van der Waals surface area contributed by atoms with Gasteiger partial charge in [0.15, 0.2) is 5.82 Å². The molecule has 24 heteroatoms. The number of rotatable bonds is 11. The first-order valence-corrected chi connectivity index (χ1v) is 25.3. The fraction of sp³-hybridized carbons (Fsp3) is 0.460. The Morgan fingerprint density at radius 3 is 1.73 bits per heavy atom. The van der Waals surface area contributed by atoms with Crippen molar-refractivity contribution in [1.82, 2.24) is 69.5 Å². The Morgan fingerprint density at radius 1 is 0.676 bits per heavy atom. The van der Waals surface area contributed by atoms with Crippen molar-refractivity contribution in [2.75, 3.05) is 37.1 Å². The highest BCUT2D eigenvalue weighted by Gasteiger charge is 2.42. The smallest absolute Gasteiger partial charge is 0.276 e. The number of primary amides is 1. The summed E-state index contributed by atoms with van der Waals surface area (Å²) >= 11 is 0. The third-order valence-corrected chi connectivity index (χ3v) is 14.6. The molecule has 5 aromatic heterocycles. The van der Waals surface area contributed by atoms with Crippen LogP contribution in [0.2, 0.25) is 0 Å². The van der Waals surface area contributed by atoms with Crippen molar-refractivity contribution < 1.29 is 33.4 Å². The molecule has 2 aromatic carbocycles. The quantitative estimate of drug-likeness (QED) is 0.113. The minimum Gasteiger partial charge on any atom is -0.490 e. The molecule has 2 unspecified atom stereocenters. The lowest BCUT2D eigenvalue weighted by Gasteiger charge is -2.40. The van der Waals surface area contributed by atoms with Crippen molar-refractivity contribution in [2.24, 2.45) is 5.73 Å². The Morgan fingerprint density at radius 2 is 1.22 bits per heavy atom. The molecule has 0 radical (unpaired) electrons. The van der Waals surface area contributed by atoms with Crippen LogP contribution in [0, 0.1) is 13.8 Å². The maximum atomic E-state index is 14.4. The predicted molar refractivity (Wildman–Crippen MR) is 269 cm³/mol. The lowest BCUT2D eigenvalue weighted by Crippen LogP contribution is -2.55. The van der Waals surface area contributed by atoms with Crippen molar-refractivity contribution in [1.29, 1.82) is 0 Å². The fourth-order valence-corrected chi connectivity index (χ4v) is 11.1. The fourth-order valence-electron chi connectivity index (χ4n) is 11.1. The van der Waals surface area contributed by atoms with Crippen LogP contribution >= 0.6 is 0 Å². The molecule has 4 aliphatic rings. The van der Waals surface area contributed by atoms with Gasteiger partial charge >= 0.3 is 0 Å². The summed E-state index contributed by atoms with van der Waals surface area (Å²) in [5, 5.41) is 33.0. The number of nitrogens with zero attached hydrogens (tertiary/aromatic N) is 12. The summed E-state index contributed by atoms with van der Waals surface area (Å²) in [5.41, 5.74) is 10.4. The Balaban J connectivity index is 1.01. The molecule has 8 heterocycles. The van der Waals surface area contributed by atoms with Gasteiger partial charge in [0.1, 0.15) is 47.1 Å². The van der Waals surface area contributed by atoms with E-state index in [0.29, 0.717) is 94.0 Å². The van der Waals surface area contributed by atoms with Gasteiger partial charge in [-0.3, -0.25) is 44.1 Å². The maximum Gasteiger partial charge on any atom is 0.276 e. The number of hydrogen-bond donors (Lipinski definition) is 5.